The van der Waals surface area contributed by atoms with Crippen LogP contribution in [-0.4, -0.2) is 43.5 Å². The molecule has 1 aliphatic heterocycles. The lowest BCUT2D eigenvalue weighted by Gasteiger charge is -2.15. The Bertz CT molecular complexity index is 635. The van der Waals surface area contributed by atoms with Crippen molar-refractivity contribution in [2.45, 2.75) is 39.0 Å². The Morgan fingerprint density at radius 1 is 1.57 bits per heavy atom. The van der Waals surface area contributed by atoms with Crippen molar-refractivity contribution in [1.82, 2.24) is 24.5 Å². The van der Waals surface area contributed by atoms with E-state index in [-0.39, 0.29) is 5.91 Å². The van der Waals surface area contributed by atoms with Gasteiger partial charge < -0.3 is 9.88 Å². The predicted molar refractivity (Wildman–Crippen MR) is 80.5 cm³/mol. The molecule has 0 radical (unpaired) electrons. The lowest BCUT2D eigenvalue weighted by molar-refractivity contribution is 0.0794. The van der Waals surface area contributed by atoms with Crippen molar-refractivity contribution in [3.63, 3.8) is 0 Å². The number of H-pyrrole nitrogens is 1. The number of likely N-dealkylation sites (tertiary alicyclic amines) is 1. The molecule has 0 saturated carbocycles. The molecule has 1 amide bonds. The summed E-state index contributed by atoms with van der Waals surface area (Å²) in [5.41, 5.74) is 1.90. The Hall–Kier alpha value is -1.76. The highest BCUT2D eigenvalue weighted by Crippen LogP contribution is 2.27. The molecule has 0 aliphatic carbocycles. The largest absolute Gasteiger partial charge is 0.346 e. The number of carbonyl (C=O) groups excluding carboxylic acids is 1. The fourth-order valence-electron chi connectivity index (χ4n) is 2.72. The smallest absolute Gasteiger partial charge is 0.267 e. The molecule has 3 heterocycles. The first-order chi connectivity index (χ1) is 10.2. The van der Waals surface area contributed by atoms with Crippen molar-refractivity contribution in [3.05, 3.63) is 28.3 Å². The molecule has 1 atom stereocenters. The summed E-state index contributed by atoms with van der Waals surface area (Å²) < 4.78 is 3.94. The van der Waals surface area contributed by atoms with Crippen LogP contribution in [0.1, 0.15) is 52.6 Å². The number of carbonyl (C=O) groups is 1. The first-order valence-corrected chi connectivity index (χ1v) is 8.08. The summed E-state index contributed by atoms with van der Waals surface area (Å²) in [6.45, 7) is 5.56. The van der Waals surface area contributed by atoms with Crippen molar-refractivity contribution in [2.75, 3.05) is 13.1 Å². The van der Waals surface area contributed by atoms with Gasteiger partial charge in [0.05, 0.1) is 5.69 Å². The zero-order valence-electron chi connectivity index (χ0n) is 12.3. The predicted octanol–water partition coefficient (Wildman–Crippen LogP) is 2.15. The van der Waals surface area contributed by atoms with E-state index in [1.165, 1.54) is 11.5 Å². The van der Waals surface area contributed by atoms with Gasteiger partial charge in [0.15, 0.2) is 0 Å². The third kappa shape index (κ3) is 2.83. The summed E-state index contributed by atoms with van der Waals surface area (Å²) in [7, 11) is 0. The van der Waals surface area contributed by atoms with Crippen molar-refractivity contribution in [1.29, 1.82) is 0 Å². The molecular formula is C14H19N5OS. The Balaban J connectivity index is 1.70. The maximum Gasteiger partial charge on any atom is 0.267 e. The summed E-state index contributed by atoms with van der Waals surface area (Å²) >= 11 is 1.21. The van der Waals surface area contributed by atoms with Gasteiger partial charge in [-0.1, -0.05) is 17.8 Å². The maximum absolute atomic E-state index is 12.6. The monoisotopic (exact) mass is 305 g/mol. The van der Waals surface area contributed by atoms with Crippen LogP contribution >= 0.6 is 11.5 Å². The minimum atomic E-state index is 0.0687. The molecule has 112 valence electrons. The molecule has 7 heteroatoms. The lowest BCUT2D eigenvalue weighted by atomic mass is 10.1. The van der Waals surface area contributed by atoms with E-state index in [1.54, 1.807) is 0 Å². The highest BCUT2D eigenvalue weighted by Gasteiger charge is 2.31. The molecule has 3 rings (SSSR count). The van der Waals surface area contributed by atoms with Crippen LogP contribution in [0, 0.1) is 6.92 Å². The molecule has 1 N–H and O–H groups in total. The summed E-state index contributed by atoms with van der Waals surface area (Å²) in [6.07, 6.45) is 4.58. The maximum atomic E-state index is 12.6. The molecule has 6 nitrogen and oxygen atoms in total. The Morgan fingerprint density at radius 3 is 3.14 bits per heavy atom. The normalized spacial score (nSPS) is 18.4. The number of aryl methyl sites for hydroxylation is 2. The van der Waals surface area contributed by atoms with Gasteiger partial charge in [-0.2, -0.15) is 0 Å². The second kappa shape index (κ2) is 5.93. The van der Waals surface area contributed by atoms with Gasteiger partial charge in [0, 0.05) is 30.9 Å². The topological polar surface area (TPSA) is 74.8 Å². The number of nitrogens with one attached hydrogen (secondary N) is 1. The van der Waals surface area contributed by atoms with E-state index >= 15 is 0 Å². The molecule has 2 aromatic heterocycles. The van der Waals surface area contributed by atoms with Gasteiger partial charge in [-0.25, -0.2) is 4.98 Å². The third-order valence-corrected chi connectivity index (χ3v) is 4.58. The average Bonchev–Trinajstić information content (AvgIpc) is 3.17. The summed E-state index contributed by atoms with van der Waals surface area (Å²) in [5, 5.41) is 4.08. The molecule has 0 unspecified atom stereocenters. The van der Waals surface area contributed by atoms with Crippen LogP contribution in [0.2, 0.25) is 0 Å². The summed E-state index contributed by atoms with van der Waals surface area (Å²) in [6, 6.07) is 0. The van der Waals surface area contributed by atoms with Gasteiger partial charge in [-0.3, -0.25) is 4.79 Å². The number of hydrogen-bond acceptors (Lipinski definition) is 5. The van der Waals surface area contributed by atoms with E-state index in [1.807, 2.05) is 18.0 Å². The van der Waals surface area contributed by atoms with Crippen molar-refractivity contribution in [3.8, 4) is 0 Å². The lowest BCUT2D eigenvalue weighted by Crippen LogP contribution is -2.28. The van der Waals surface area contributed by atoms with Crippen molar-refractivity contribution in [2.24, 2.45) is 0 Å². The zero-order chi connectivity index (χ0) is 14.8. The quantitative estimate of drug-likeness (QED) is 0.939. The van der Waals surface area contributed by atoms with Gasteiger partial charge in [0.1, 0.15) is 10.7 Å². The molecule has 1 saturated heterocycles. The van der Waals surface area contributed by atoms with Gasteiger partial charge in [-0.15, -0.1) is 5.10 Å². The van der Waals surface area contributed by atoms with Crippen LogP contribution in [0.25, 0.3) is 0 Å². The van der Waals surface area contributed by atoms with Crippen molar-refractivity contribution >= 4 is 17.4 Å². The number of amides is 1. The van der Waals surface area contributed by atoms with E-state index in [2.05, 4.69) is 26.5 Å². The SMILES string of the molecule is CCCc1nnsc1C(=O)N1CC[C@H](c2ncc(C)[nH]2)C1. The third-order valence-electron chi connectivity index (χ3n) is 3.82. The number of rotatable bonds is 4. The molecule has 0 spiro atoms. The van der Waals surface area contributed by atoms with Crippen LogP contribution in [0.3, 0.4) is 0 Å². The molecule has 1 aliphatic rings. The molecule has 21 heavy (non-hydrogen) atoms. The van der Waals surface area contributed by atoms with Gasteiger partial charge in [-0.05, 0) is 31.3 Å². The van der Waals surface area contributed by atoms with E-state index in [0.717, 1.165) is 49.6 Å². The first kappa shape index (κ1) is 14.2. The Labute approximate surface area is 127 Å². The average molecular weight is 305 g/mol. The fourth-order valence-corrected chi connectivity index (χ4v) is 3.40. The highest BCUT2D eigenvalue weighted by atomic mass is 32.1. The van der Waals surface area contributed by atoms with E-state index in [0.29, 0.717) is 10.8 Å². The summed E-state index contributed by atoms with van der Waals surface area (Å²) in [4.78, 5) is 22.9. The number of aromatic nitrogens is 4. The van der Waals surface area contributed by atoms with Crippen LogP contribution in [-0.2, 0) is 6.42 Å². The van der Waals surface area contributed by atoms with Crippen LogP contribution in [0.15, 0.2) is 6.20 Å². The Kier molecular flexibility index (Phi) is 4.01. The molecule has 1 fully saturated rings. The van der Waals surface area contributed by atoms with Gasteiger partial charge in [0.2, 0.25) is 0 Å². The number of imidazole rings is 1. The molecule has 0 aromatic carbocycles. The number of hydrogen-bond donors (Lipinski definition) is 1. The number of nitrogens with zero attached hydrogens (tertiary/aromatic N) is 4. The second-order valence-electron chi connectivity index (χ2n) is 5.49. The molecular weight excluding hydrogens is 286 g/mol. The van der Waals surface area contributed by atoms with E-state index < -0.39 is 0 Å². The van der Waals surface area contributed by atoms with Crippen LogP contribution in [0.5, 0.6) is 0 Å². The molecule has 2 aromatic rings. The zero-order valence-corrected chi connectivity index (χ0v) is 13.1. The van der Waals surface area contributed by atoms with Gasteiger partial charge >= 0.3 is 0 Å². The van der Waals surface area contributed by atoms with Crippen molar-refractivity contribution < 1.29 is 4.79 Å². The van der Waals surface area contributed by atoms with E-state index in [4.69, 9.17) is 0 Å². The minimum Gasteiger partial charge on any atom is -0.346 e. The Morgan fingerprint density at radius 2 is 2.43 bits per heavy atom. The molecule has 0 bridgehead atoms. The first-order valence-electron chi connectivity index (χ1n) is 7.31. The van der Waals surface area contributed by atoms with Gasteiger partial charge in [0.25, 0.3) is 5.91 Å². The van der Waals surface area contributed by atoms with Crippen LogP contribution in [0.4, 0.5) is 0 Å². The highest BCUT2D eigenvalue weighted by molar-refractivity contribution is 7.08. The van der Waals surface area contributed by atoms with E-state index in [9.17, 15) is 4.79 Å². The second-order valence-corrected chi connectivity index (χ2v) is 6.24. The fraction of sp³-hybridized carbons (Fsp3) is 0.571. The number of aromatic amines is 1. The van der Waals surface area contributed by atoms with Crippen LogP contribution < -0.4 is 0 Å². The standard InChI is InChI=1S/C14H19N5OS/c1-3-4-11-12(21-18-17-11)14(20)19-6-5-10(8-19)13-15-7-9(2)16-13/h7,10H,3-6,8H2,1-2H3,(H,15,16)/t10-/m0/s1. The summed E-state index contributed by atoms with van der Waals surface area (Å²) in [5.74, 6) is 1.36. The minimum absolute atomic E-state index is 0.0687.